The van der Waals surface area contributed by atoms with Gasteiger partial charge in [0, 0.05) is 36.4 Å². The molecule has 2 unspecified atom stereocenters. The van der Waals surface area contributed by atoms with Gasteiger partial charge in [-0.1, -0.05) is 0 Å². The predicted molar refractivity (Wildman–Crippen MR) is 122 cm³/mol. The number of benzene rings is 1. The number of urea groups is 1. The fourth-order valence-corrected chi connectivity index (χ4v) is 4.19. The van der Waals surface area contributed by atoms with Crippen molar-refractivity contribution in [3.8, 4) is 17.5 Å². The molecule has 3 N–H and O–H groups in total. The second-order valence-electron chi connectivity index (χ2n) is 8.03. The van der Waals surface area contributed by atoms with Gasteiger partial charge >= 0.3 is 6.03 Å². The Balaban J connectivity index is 1.72. The van der Waals surface area contributed by atoms with Crippen LogP contribution in [0, 0.1) is 11.3 Å². The van der Waals surface area contributed by atoms with Crippen molar-refractivity contribution in [2.45, 2.75) is 38.8 Å². The van der Waals surface area contributed by atoms with Gasteiger partial charge in [0.1, 0.15) is 5.82 Å². The number of carbonyl (C=O) groups excluding carboxylic acids is 1. The Kier molecular flexibility index (Phi) is 6.83. The number of amides is 2. The van der Waals surface area contributed by atoms with E-state index in [1.54, 1.807) is 0 Å². The number of anilines is 2. The first-order valence-corrected chi connectivity index (χ1v) is 11.1. The molecule has 1 aromatic carbocycles. The summed E-state index contributed by atoms with van der Waals surface area (Å²) in [4.78, 5) is 24.0. The molecular weight excluding hydrogens is 406 g/mol. The lowest BCUT2D eigenvalue weighted by atomic mass is 9.97. The molecule has 0 aliphatic carbocycles. The van der Waals surface area contributed by atoms with E-state index >= 15 is 0 Å². The van der Waals surface area contributed by atoms with Crippen molar-refractivity contribution in [2.75, 3.05) is 43.1 Å². The number of nitriles is 1. The zero-order valence-electron chi connectivity index (χ0n) is 18.5. The highest BCUT2D eigenvalue weighted by molar-refractivity contribution is 5.89. The van der Waals surface area contributed by atoms with Crippen molar-refractivity contribution >= 4 is 17.5 Å². The van der Waals surface area contributed by atoms with Gasteiger partial charge in [-0.25, -0.2) is 14.8 Å². The molecular formula is C23H29N7O2. The van der Waals surface area contributed by atoms with Crippen LogP contribution in [-0.4, -0.2) is 54.9 Å². The van der Waals surface area contributed by atoms with Crippen LogP contribution in [0.2, 0.25) is 0 Å². The lowest BCUT2D eigenvalue weighted by molar-refractivity contribution is 0.0984. The zero-order chi connectivity index (χ0) is 22.5. The second-order valence-corrected chi connectivity index (χ2v) is 8.03. The third-order valence-corrected chi connectivity index (χ3v) is 5.79. The van der Waals surface area contributed by atoms with Crippen LogP contribution in [0.3, 0.4) is 0 Å². The lowest BCUT2D eigenvalue weighted by Gasteiger charge is -2.37. The van der Waals surface area contributed by atoms with Crippen LogP contribution < -0.4 is 20.9 Å². The summed E-state index contributed by atoms with van der Waals surface area (Å²) in [7, 11) is 0. The van der Waals surface area contributed by atoms with Crippen molar-refractivity contribution in [1.82, 2.24) is 20.6 Å². The molecule has 168 valence electrons. The highest BCUT2D eigenvalue weighted by atomic mass is 16.5. The molecule has 1 saturated heterocycles. The summed E-state index contributed by atoms with van der Waals surface area (Å²) in [6.07, 6.45) is 1.18. The molecule has 9 heteroatoms. The van der Waals surface area contributed by atoms with Crippen molar-refractivity contribution < 1.29 is 9.53 Å². The number of hydrogen-bond donors (Lipinski definition) is 3. The summed E-state index contributed by atoms with van der Waals surface area (Å²) in [5.41, 5.74) is 3.58. The minimum atomic E-state index is -0.237. The molecule has 1 fully saturated rings. The van der Waals surface area contributed by atoms with Crippen LogP contribution in [0.25, 0.3) is 11.4 Å². The average molecular weight is 436 g/mol. The van der Waals surface area contributed by atoms with Crippen LogP contribution >= 0.6 is 0 Å². The van der Waals surface area contributed by atoms with Crippen molar-refractivity contribution in [1.29, 1.82) is 5.26 Å². The Morgan fingerprint density at radius 2 is 2.16 bits per heavy atom. The summed E-state index contributed by atoms with van der Waals surface area (Å²) in [6.45, 7) is 7.48. The lowest BCUT2D eigenvalue weighted by Crippen LogP contribution is -2.45. The van der Waals surface area contributed by atoms with Gasteiger partial charge in [0.25, 0.3) is 0 Å². The number of nitrogens with zero attached hydrogens (tertiary/aromatic N) is 4. The number of ether oxygens (including phenoxy) is 1. The van der Waals surface area contributed by atoms with Gasteiger partial charge in [0.05, 0.1) is 43.5 Å². The summed E-state index contributed by atoms with van der Waals surface area (Å²) < 4.78 is 5.63. The molecule has 4 rings (SSSR count). The number of morpholine rings is 1. The monoisotopic (exact) mass is 435 g/mol. The largest absolute Gasteiger partial charge is 0.377 e. The topological polar surface area (TPSA) is 115 Å². The Morgan fingerprint density at radius 3 is 2.88 bits per heavy atom. The van der Waals surface area contributed by atoms with E-state index in [1.165, 1.54) is 0 Å². The quantitative estimate of drug-likeness (QED) is 0.661. The molecule has 1 aromatic heterocycles. The smallest absolute Gasteiger partial charge is 0.319 e. The Bertz CT molecular complexity index is 1000. The van der Waals surface area contributed by atoms with Crippen LogP contribution in [0.15, 0.2) is 24.3 Å². The first-order chi connectivity index (χ1) is 15.6. The molecule has 9 nitrogen and oxygen atoms in total. The molecule has 2 amide bonds. The molecule has 2 atom stereocenters. The van der Waals surface area contributed by atoms with Gasteiger partial charge in [-0.05, 0) is 44.5 Å². The molecule has 2 aliphatic heterocycles. The summed E-state index contributed by atoms with van der Waals surface area (Å²) in [5, 5.41) is 18.3. The zero-order valence-corrected chi connectivity index (χ0v) is 18.5. The molecule has 0 radical (unpaired) electrons. The van der Waals surface area contributed by atoms with Gasteiger partial charge in [0.2, 0.25) is 0 Å². The SMILES string of the molecule is CCNC(=O)Nc1ccc(-c2nc3c(c(N4CCOCC4C)n2)CCNC3CC#N)cc1. The highest BCUT2D eigenvalue weighted by Crippen LogP contribution is 2.34. The van der Waals surface area contributed by atoms with Crippen LogP contribution in [0.4, 0.5) is 16.3 Å². The van der Waals surface area contributed by atoms with Gasteiger partial charge in [-0.2, -0.15) is 5.26 Å². The maximum atomic E-state index is 11.8. The molecule has 0 saturated carbocycles. The number of nitrogens with one attached hydrogen (secondary N) is 3. The van der Waals surface area contributed by atoms with E-state index in [9.17, 15) is 10.1 Å². The van der Waals surface area contributed by atoms with E-state index in [1.807, 2.05) is 31.2 Å². The predicted octanol–water partition coefficient (Wildman–Crippen LogP) is 2.61. The number of carbonyl (C=O) groups is 1. The molecule has 0 bridgehead atoms. The van der Waals surface area contributed by atoms with Crippen LogP contribution in [0.5, 0.6) is 0 Å². The maximum Gasteiger partial charge on any atom is 0.319 e. The van der Waals surface area contributed by atoms with Gasteiger partial charge in [0.15, 0.2) is 5.82 Å². The Morgan fingerprint density at radius 1 is 1.34 bits per heavy atom. The van der Waals surface area contributed by atoms with Crippen LogP contribution in [-0.2, 0) is 11.2 Å². The van der Waals surface area contributed by atoms with Gasteiger partial charge in [-0.3, -0.25) is 0 Å². The third kappa shape index (κ3) is 4.66. The Hall–Kier alpha value is -3.22. The van der Waals surface area contributed by atoms with E-state index in [0.717, 1.165) is 42.1 Å². The van der Waals surface area contributed by atoms with Gasteiger partial charge < -0.3 is 25.6 Å². The number of fused-ring (bicyclic) bond motifs is 1. The van der Waals surface area contributed by atoms with Crippen molar-refractivity contribution in [3.05, 3.63) is 35.5 Å². The first kappa shape index (κ1) is 22.0. The molecule has 3 heterocycles. The number of rotatable bonds is 5. The standard InChI is InChI=1S/C23H29N7O2/c1-3-25-23(31)27-17-6-4-16(5-7-17)21-28-20-18(9-11-26-19(20)8-10-24)22(29-21)30-12-13-32-14-15(30)2/h4-7,15,19,26H,3,8-9,11-14H2,1-2H3,(H2,25,27,31). The second kappa shape index (κ2) is 9.94. The minimum Gasteiger partial charge on any atom is -0.377 e. The number of aromatic nitrogens is 2. The average Bonchev–Trinajstić information content (AvgIpc) is 2.80. The van der Waals surface area contributed by atoms with Gasteiger partial charge in [-0.15, -0.1) is 0 Å². The Labute approximate surface area is 188 Å². The fourth-order valence-electron chi connectivity index (χ4n) is 4.19. The minimum absolute atomic E-state index is 0.112. The maximum absolute atomic E-state index is 11.8. The van der Waals surface area contributed by atoms with E-state index in [0.29, 0.717) is 37.7 Å². The molecule has 2 aromatic rings. The van der Waals surface area contributed by atoms with E-state index in [4.69, 9.17) is 14.7 Å². The van der Waals surface area contributed by atoms with Crippen LogP contribution in [0.1, 0.15) is 37.6 Å². The molecule has 0 spiro atoms. The summed E-state index contributed by atoms with van der Waals surface area (Å²) in [6, 6.07) is 9.64. The summed E-state index contributed by atoms with van der Waals surface area (Å²) >= 11 is 0. The van der Waals surface area contributed by atoms with E-state index < -0.39 is 0 Å². The normalized spacial score (nSPS) is 20.2. The molecule has 32 heavy (non-hydrogen) atoms. The van der Waals surface area contributed by atoms with Crippen molar-refractivity contribution in [2.24, 2.45) is 0 Å². The summed E-state index contributed by atoms with van der Waals surface area (Å²) in [5.74, 6) is 1.56. The van der Waals surface area contributed by atoms with E-state index in [-0.39, 0.29) is 18.1 Å². The van der Waals surface area contributed by atoms with Crippen molar-refractivity contribution in [3.63, 3.8) is 0 Å². The first-order valence-electron chi connectivity index (χ1n) is 11.1. The number of hydrogen-bond acceptors (Lipinski definition) is 7. The molecule has 2 aliphatic rings. The highest BCUT2D eigenvalue weighted by Gasteiger charge is 2.30. The fraction of sp³-hybridized carbons (Fsp3) is 0.478. The van der Waals surface area contributed by atoms with E-state index in [2.05, 4.69) is 33.8 Å². The third-order valence-electron chi connectivity index (χ3n) is 5.79.